The van der Waals surface area contributed by atoms with Crippen LogP contribution in [-0.4, -0.2) is 11.5 Å². The quantitative estimate of drug-likeness (QED) is 0.590. The number of nitrogens with two attached hydrogens (primary N) is 1. The number of aryl methyl sites for hydroxylation is 2. The van der Waals surface area contributed by atoms with Crippen LogP contribution in [0.2, 0.25) is 5.02 Å². The molecule has 120 valence electrons. The first-order valence-electron chi connectivity index (χ1n) is 8.33. The molecule has 0 aliphatic heterocycles. The first kappa shape index (κ1) is 16.1. The number of aromatic amines is 1. The van der Waals surface area contributed by atoms with Crippen LogP contribution in [0.15, 0.2) is 42.5 Å². The van der Waals surface area contributed by atoms with E-state index >= 15 is 0 Å². The number of halogens is 1. The topological polar surface area (TPSA) is 41.8 Å². The predicted molar refractivity (Wildman–Crippen MR) is 100 cm³/mol. The normalized spacial score (nSPS) is 11.3. The van der Waals surface area contributed by atoms with Crippen molar-refractivity contribution in [3.63, 3.8) is 0 Å². The van der Waals surface area contributed by atoms with Gasteiger partial charge in [0, 0.05) is 21.6 Å². The zero-order valence-electron chi connectivity index (χ0n) is 13.5. The van der Waals surface area contributed by atoms with Crippen molar-refractivity contribution >= 4 is 22.5 Å². The number of aromatic nitrogens is 1. The lowest BCUT2D eigenvalue weighted by molar-refractivity contribution is 0.748. The van der Waals surface area contributed by atoms with Crippen molar-refractivity contribution in [3.8, 4) is 11.3 Å². The second-order valence-corrected chi connectivity index (χ2v) is 6.36. The second kappa shape index (κ2) is 7.20. The summed E-state index contributed by atoms with van der Waals surface area (Å²) in [5.41, 5.74) is 12.1. The molecule has 1 aromatic heterocycles. The molecule has 2 nitrogen and oxygen atoms in total. The van der Waals surface area contributed by atoms with Gasteiger partial charge in [-0.05, 0) is 61.1 Å². The standard InChI is InChI=1S/C20H23ClN2/c1-2-14-6-5-8-18-17(7-3-4-13-22)20(23-19(14)18)15-9-11-16(21)12-10-15/h5-6,8-12,23H,2-4,7,13,22H2,1H3. The van der Waals surface area contributed by atoms with Gasteiger partial charge in [-0.2, -0.15) is 0 Å². The number of benzene rings is 2. The average Bonchev–Trinajstić information content (AvgIpc) is 2.94. The maximum atomic E-state index is 6.04. The Morgan fingerprint density at radius 1 is 1.04 bits per heavy atom. The fourth-order valence-electron chi connectivity index (χ4n) is 3.20. The summed E-state index contributed by atoms with van der Waals surface area (Å²) in [6.45, 7) is 2.95. The number of unbranched alkanes of at least 4 members (excludes halogenated alkanes) is 1. The maximum absolute atomic E-state index is 6.04. The molecule has 3 N–H and O–H groups in total. The Hall–Kier alpha value is -1.77. The van der Waals surface area contributed by atoms with E-state index in [0.717, 1.165) is 37.3 Å². The third-order valence-electron chi connectivity index (χ3n) is 4.42. The maximum Gasteiger partial charge on any atom is 0.0497 e. The molecule has 0 fully saturated rings. The Morgan fingerprint density at radius 3 is 2.52 bits per heavy atom. The number of H-pyrrole nitrogens is 1. The zero-order chi connectivity index (χ0) is 16.2. The smallest absolute Gasteiger partial charge is 0.0497 e. The van der Waals surface area contributed by atoms with Gasteiger partial charge in [0.2, 0.25) is 0 Å². The van der Waals surface area contributed by atoms with Crippen LogP contribution in [0.5, 0.6) is 0 Å². The second-order valence-electron chi connectivity index (χ2n) is 5.92. The summed E-state index contributed by atoms with van der Waals surface area (Å²) in [6.07, 6.45) is 4.24. The van der Waals surface area contributed by atoms with E-state index in [1.807, 2.05) is 12.1 Å². The lowest BCUT2D eigenvalue weighted by Crippen LogP contribution is -1.99. The first-order chi connectivity index (χ1) is 11.2. The van der Waals surface area contributed by atoms with E-state index in [0.29, 0.717) is 0 Å². The van der Waals surface area contributed by atoms with Crippen LogP contribution < -0.4 is 5.73 Å². The van der Waals surface area contributed by atoms with Crippen LogP contribution in [0.4, 0.5) is 0 Å². The highest BCUT2D eigenvalue weighted by atomic mass is 35.5. The molecule has 0 saturated carbocycles. The summed E-state index contributed by atoms with van der Waals surface area (Å²) in [5, 5.41) is 2.11. The SMILES string of the molecule is CCc1cccc2c(CCCCN)c(-c3ccc(Cl)cc3)[nH]c12. The Bertz CT molecular complexity index is 787. The van der Waals surface area contributed by atoms with Crippen LogP contribution in [0.1, 0.15) is 30.9 Å². The molecule has 23 heavy (non-hydrogen) atoms. The molecule has 0 radical (unpaired) electrons. The molecule has 0 saturated heterocycles. The molecule has 3 heteroatoms. The number of fused-ring (bicyclic) bond motifs is 1. The predicted octanol–water partition coefficient (Wildman–Crippen LogP) is 5.33. The van der Waals surface area contributed by atoms with Crippen LogP contribution in [-0.2, 0) is 12.8 Å². The average molecular weight is 327 g/mol. The lowest BCUT2D eigenvalue weighted by Gasteiger charge is -2.05. The molecular formula is C20H23ClN2. The Morgan fingerprint density at radius 2 is 1.83 bits per heavy atom. The molecular weight excluding hydrogens is 304 g/mol. The van der Waals surface area contributed by atoms with Crippen molar-refractivity contribution in [3.05, 3.63) is 58.6 Å². The zero-order valence-corrected chi connectivity index (χ0v) is 14.3. The number of hydrogen-bond donors (Lipinski definition) is 2. The molecule has 1 heterocycles. The van der Waals surface area contributed by atoms with Gasteiger partial charge in [0.25, 0.3) is 0 Å². The van der Waals surface area contributed by atoms with Crippen molar-refractivity contribution in [2.75, 3.05) is 6.54 Å². The Balaban J connectivity index is 2.14. The van der Waals surface area contributed by atoms with Crippen molar-refractivity contribution in [2.45, 2.75) is 32.6 Å². The Labute approximate surface area is 142 Å². The molecule has 0 bridgehead atoms. The molecule has 3 aromatic rings. The van der Waals surface area contributed by atoms with Gasteiger partial charge in [-0.3, -0.25) is 0 Å². The summed E-state index contributed by atoms with van der Waals surface area (Å²) in [4.78, 5) is 3.67. The molecule has 0 aliphatic rings. The number of hydrogen-bond acceptors (Lipinski definition) is 1. The molecule has 0 aliphatic carbocycles. The van der Waals surface area contributed by atoms with E-state index in [-0.39, 0.29) is 0 Å². The summed E-state index contributed by atoms with van der Waals surface area (Å²) in [6, 6.07) is 14.7. The highest BCUT2D eigenvalue weighted by Crippen LogP contribution is 2.33. The third-order valence-corrected chi connectivity index (χ3v) is 4.67. The van der Waals surface area contributed by atoms with E-state index in [9.17, 15) is 0 Å². The molecule has 0 unspecified atom stereocenters. The number of para-hydroxylation sites is 1. The molecule has 0 atom stereocenters. The Kier molecular flexibility index (Phi) is 5.04. The molecule has 0 amide bonds. The van der Waals surface area contributed by atoms with Gasteiger partial charge in [0.15, 0.2) is 0 Å². The van der Waals surface area contributed by atoms with E-state index in [4.69, 9.17) is 17.3 Å². The highest BCUT2D eigenvalue weighted by Gasteiger charge is 2.14. The lowest BCUT2D eigenvalue weighted by atomic mass is 9.99. The minimum atomic E-state index is 0.749. The minimum Gasteiger partial charge on any atom is -0.354 e. The fraction of sp³-hybridized carbons (Fsp3) is 0.300. The minimum absolute atomic E-state index is 0.749. The van der Waals surface area contributed by atoms with Crippen molar-refractivity contribution < 1.29 is 0 Å². The van der Waals surface area contributed by atoms with Gasteiger partial charge in [0.1, 0.15) is 0 Å². The summed E-state index contributed by atoms with van der Waals surface area (Å²) in [5.74, 6) is 0. The van der Waals surface area contributed by atoms with Crippen LogP contribution >= 0.6 is 11.6 Å². The van der Waals surface area contributed by atoms with Gasteiger partial charge >= 0.3 is 0 Å². The van der Waals surface area contributed by atoms with Crippen molar-refractivity contribution in [2.24, 2.45) is 5.73 Å². The number of rotatable bonds is 6. The van der Waals surface area contributed by atoms with Crippen molar-refractivity contribution in [1.29, 1.82) is 0 Å². The van der Waals surface area contributed by atoms with E-state index in [1.54, 1.807) is 0 Å². The molecule has 2 aromatic carbocycles. The van der Waals surface area contributed by atoms with Gasteiger partial charge in [-0.15, -0.1) is 0 Å². The van der Waals surface area contributed by atoms with Gasteiger partial charge < -0.3 is 10.7 Å². The van der Waals surface area contributed by atoms with Crippen LogP contribution in [0.25, 0.3) is 22.2 Å². The summed E-state index contributed by atoms with van der Waals surface area (Å²) >= 11 is 6.04. The summed E-state index contributed by atoms with van der Waals surface area (Å²) in [7, 11) is 0. The highest BCUT2D eigenvalue weighted by molar-refractivity contribution is 6.30. The van der Waals surface area contributed by atoms with Gasteiger partial charge in [-0.1, -0.05) is 48.9 Å². The monoisotopic (exact) mass is 326 g/mol. The molecule has 0 spiro atoms. The van der Waals surface area contributed by atoms with E-state index < -0.39 is 0 Å². The van der Waals surface area contributed by atoms with Crippen LogP contribution in [0.3, 0.4) is 0 Å². The fourth-order valence-corrected chi connectivity index (χ4v) is 3.32. The summed E-state index contributed by atoms with van der Waals surface area (Å²) < 4.78 is 0. The molecule has 3 rings (SSSR count). The van der Waals surface area contributed by atoms with Crippen molar-refractivity contribution in [1.82, 2.24) is 4.98 Å². The third kappa shape index (κ3) is 3.29. The number of nitrogens with one attached hydrogen (secondary N) is 1. The van der Waals surface area contributed by atoms with Gasteiger partial charge in [0.05, 0.1) is 0 Å². The van der Waals surface area contributed by atoms with E-state index in [2.05, 4.69) is 42.2 Å². The van der Waals surface area contributed by atoms with Crippen LogP contribution in [0, 0.1) is 0 Å². The first-order valence-corrected chi connectivity index (χ1v) is 8.70. The van der Waals surface area contributed by atoms with Gasteiger partial charge in [-0.25, -0.2) is 0 Å². The van der Waals surface area contributed by atoms with E-state index in [1.165, 1.54) is 33.3 Å². The largest absolute Gasteiger partial charge is 0.354 e.